The van der Waals surface area contributed by atoms with Gasteiger partial charge in [0, 0.05) is 0 Å². The fourth-order valence-electron chi connectivity index (χ4n) is 11.6. The van der Waals surface area contributed by atoms with Crippen LogP contribution < -0.4 is 0 Å². The predicted octanol–water partition coefficient (Wildman–Crippen LogP) is 22.4. The molecule has 6 unspecified atom stereocenters. The van der Waals surface area contributed by atoms with Crippen LogP contribution in [0.5, 0.6) is 0 Å². The molecule has 3 fully saturated rings. The molecule has 10 nitrogen and oxygen atoms in total. The van der Waals surface area contributed by atoms with Crippen molar-refractivity contribution >= 4 is 40.5 Å². The van der Waals surface area contributed by atoms with Crippen molar-refractivity contribution in [3.8, 4) is 6.07 Å². The molecule has 0 aromatic rings. The van der Waals surface area contributed by atoms with Gasteiger partial charge in [0.05, 0.1) is 60.6 Å². The van der Waals surface area contributed by atoms with Crippen LogP contribution in [0.15, 0.2) is 0 Å². The number of unbranched alkanes of at least 4 members (excludes halogenated alkanes) is 16. The van der Waals surface area contributed by atoms with Gasteiger partial charge in [-0.1, -0.05) is 185 Å². The number of carbonyl (C=O) groups is 4. The van der Waals surface area contributed by atoms with E-state index in [1.54, 1.807) is 38.5 Å². The first-order valence-corrected chi connectivity index (χ1v) is 41.9. The first-order valence-electron chi connectivity index (χ1n) is 35.7. The smallest absolute Gasteiger partial charge is 0.311 e. The van der Waals surface area contributed by atoms with E-state index >= 15 is 0 Å². The Balaban J connectivity index is -0.000000999. The molecule has 504 valence electrons. The maximum absolute atomic E-state index is 11.6. The van der Waals surface area contributed by atoms with Gasteiger partial charge in [-0.15, -0.1) is 0 Å². The number of ether oxygens (including phenoxy) is 4. The molecule has 0 spiro atoms. The summed E-state index contributed by atoms with van der Waals surface area (Å²) in [4.78, 5) is 45.3. The summed E-state index contributed by atoms with van der Waals surface area (Å²) >= 11 is 0. The molecule has 0 aromatic carbocycles. The number of rotatable bonds is 38. The minimum absolute atomic E-state index is 0.0203. The lowest BCUT2D eigenvalue weighted by Gasteiger charge is -2.34. The summed E-state index contributed by atoms with van der Waals surface area (Å²) in [6.45, 7) is 47.2. The second-order valence-corrected chi connectivity index (χ2v) is 38.0. The topological polar surface area (TPSA) is 138 Å². The van der Waals surface area contributed by atoms with Crippen molar-refractivity contribution in [1.82, 2.24) is 0 Å². The summed E-state index contributed by atoms with van der Waals surface area (Å²) in [6, 6.07) is 4.60. The quantitative estimate of drug-likeness (QED) is 0.0254. The van der Waals surface area contributed by atoms with E-state index in [9.17, 15) is 19.2 Å². The zero-order valence-electron chi connectivity index (χ0n) is 60.6. The second kappa shape index (κ2) is 50.5. The molecular weight excluding hydrogens is 1090 g/mol. The van der Waals surface area contributed by atoms with Gasteiger partial charge in [-0.2, -0.15) is 5.26 Å². The fourth-order valence-corrected chi connectivity index (χ4v) is 20.6. The van der Waals surface area contributed by atoms with Gasteiger partial charge in [0.1, 0.15) is 0 Å². The van der Waals surface area contributed by atoms with Gasteiger partial charge in [0.2, 0.25) is 0 Å². The van der Waals surface area contributed by atoms with Gasteiger partial charge in [-0.25, -0.2) is 0 Å². The molecular formula is C73H145NO9Si2. The molecule has 85 heavy (non-hydrogen) atoms. The highest BCUT2D eigenvalue weighted by Crippen LogP contribution is 2.58. The van der Waals surface area contributed by atoms with Crippen molar-refractivity contribution in [2.24, 2.45) is 57.7 Å². The van der Waals surface area contributed by atoms with Crippen molar-refractivity contribution in [1.29, 1.82) is 5.26 Å². The van der Waals surface area contributed by atoms with E-state index in [4.69, 9.17) is 28.3 Å². The number of esters is 4. The van der Waals surface area contributed by atoms with Crippen LogP contribution in [-0.2, 0) is 42.2 Å². The Morgan fingerprint density at radius 3 is 1.13 bits per heavy atom. The van der Waals surface area contributed by atoms with Crippen LogP contribution in [-0.4, -0.2) is 66.9 Å². The Hall–Kier alpha value is -2.24. The molecule has 3 rings (SSSR count). The van der Waals surface area contributed by atoms with Gasteiger partial charge < -0.3 is 23.1 Å². The van der Waals surface area contributed by atoms with E-state index < -0.39 is 16.6 Å². The molecule has 0 saturated heterocycles. The first kappa shape index (κ1) is 87.0. The van der Waals surface area contributed by atoms with Crippen molar-refractivity contribution in [2.75, 3.05) is 26.4 Å². The zero-order chi connectivity index (χ0) is 65.5. The largest absolute Gasteiger partial charge is 0.466 e. The van der Waals surface area contributed by atoms with Crippen molar-refractivity contribution in [3.05, 3.63) is 0 Å². The second-order valence-electron chi connectivity index (χ2n) is 29.2. The van der Waals surface area contributed by atoms with E-state index in [1.165, 1.54) is 139 Å². The van der Waals surface area contributed by atoms with Crippen LogP contribution in [0.2, 0.25) is 38.3 Å². The summed E-state index contributed by atoms with van der Waals surface area (Å²) in [5.74, 6) is 5.22. The van der Waals surface area contributed by atoms with Gasteiger partial charge in [-0.3, -0.25) is 19.2 Å². The Bertz CT molecular complexity index is 1660. The lowest BCUT2D eigenvalue weighted by atomic mass is 9.82. The summed E-state index contributed by atoms with van der Waals surface area (Å²) in [7, 11) is -3.14. The number of nitriles is 1. The predicted molar refractivity (Wildman–Crippen MR) is 367 cm³/mol. The van der Waals surface area contributed by atoms with Crippen molar-refractivity contribution in [2.45, 2.75) is 356 Å². The van der Waals surface area contributed by atoms with Crippen LogP contribution in [0, 0.1) is 69.0 Å². The molecule has 0 radical (unpaired) electrons. The third-order valence-corrected chi connectivity index (χ3v) is 25.7. The molecule has 0 aliphatic heterocycles. The SMILES string of the molecule is C1CC2C3CCC(C3)C2C1.CC(C)CC(C)(C)C#N.CCCCCCCCCCCCCCCCCCOC(=O)C(C)CC.CCCC[Si](C)(C)O[Si](C)(C)CCCOC(=O)C(C)CC.CCOC(=O)C(C)(C)CC.CCOC(=O)C(C)(C)CC. The molecule has 6 atom stereocenters. The molecule has 0 N–H and O–H groups in total. The highest BCUT2D eigenvalue weighted by molar-refractivity contribution is 6.84. The standard InChI is InChI=1S/C23H46O2.C16H36O3Si2.C10H16.C8H15N.2C8H16O2/c1-4-6-7-8-9-10-11-12-13-14-15-16-17-18-19-20-21-25-23(24)22(3)5-2;1-8-10-13-20(4,5)19-21(6,7)14-11-12-18-16(17)15(3)9-2;1-2-9-7-4-5-8(6-7)10(9)3-1;1-7(2)5-8(3,4)6-9;2*1-5-8(3,4)7(9)10-6-2/h22H,4-21H2,1-3H3;15H,8-14H2,1-7H3;7-10H,1-6H2;7H,5H2,1-4H3;2*5-6H2,1-4H3. The highest BCUT2D eigenvalue weighted by Gasteiger charge is 2.49. The summed E-state index contributed by atoms with van der Waals surface area (Å²) in [5.41, 5.74) is -0.750. The average Bonchev–Trinajstić information content (AvgIpc) is 2.86. The van der Waals surface area contributed by atoms with Crippen LogP contribution >= 0.6 is 0 Å². The Kier molecular flexibility index (Phi) is 51.7. The minimum Gasteiger partial charge on any atom is -0.466 e. The van der Waals surface area contributed by atoms with E-state index in [0.717, 1.165) is 51.0 Å². The molecule has 0 amide bonds. The van der Waals surface area contributed by atoms with Crippen LogP contribution in [0.1, 0.15) is 317 Å². The molecule has 12 heteroatoms. The van der Waals surface area contributed by atoms with E-state index in [1.807, 2.05) is 96.9 Å². The average molecular weight is 1240 g/mol. The molecule has 2 bridgehead atoms. The Morgan fingerprint density at radius 1 is 0.482 bits per heavy atom. The molecule has 3 aliphatic carbocycles. The minimum atomic E-state index is -1.63. The van der Waals surface area contributed by atoms with Crippen molar-refractivity contribution < 1.29 is 42.2 Å². The Labute approximate surface area is 531 Å². The fraction of sp³-hybridized carbons (Fsp3) is 0.932. The van der Waals surface area contributed by atoms with E-state index in [0.29, 0.717) is 32.3 Å². The first-order chi connectivity index (χ1) is 39.9. The van der Waals surface area contributed by atoms with Gasteiger partial charge >= 0.3 is 23.9 Å². The zero-order valence-corrected chi connectivity index (χ0v) is 62.6. The number of fused-ring (bicyclic) bond motifs is 5. The third-order valence-electron chi connectivity index (χ3n) is 18.1. The van der Waals surface area contributed by atoms with E-state index in [2.05, 4.69) is 60.0 Å². The third kappa shape index (κ3) is 45.6. The van der Waals surface area contributed by atoms with Gasteiger partial charge in [0.25, 0.3) is 0 Å². The lowest BCUT2D eigenvalue weighted by molar-refractivity contribution is -0.154. The van der Waals surface area contributed by atoms with Crippen LogP contribution in [0.25, 0.3) is 0 Å². The monoisotopic (exact) mass is 1240 g/mol. The van der Waals surface area contributed by atoms with E-state index in [-0.39, 0.29) is 52.0 Å². The highest BCUT2D eigenvalue weighted by atomic mass is 28.4. The Morgan fingerprint density at radius 2 is 0.824 bits per heavy atom. The number of carbonyl (C=O) groups excluding carboxylic acids is 4. The number of nitrogens with zero attached hydrogens (tertiary/aromatic N) is 1. The van der Waals surface area contributed by atoms with Crippen molar-refractivity contribution in [3.63, 3.8) is 0 Å². The summed E-state index contributed by atoms with van der Waals surface area (Å²) < 4.78 is 26.9. The molecule has 0 heterocycles. The van der Waals surface area contributed by atoms with Gasteiger partial charge in [-0.05, 0) is 200 Å². The van der Waals surface area contributed by atoms with Gasteiger partial charge in [0.15, 0.2) is 16.6 Å². The molecule has 3 aliphatic rings. The maximum Gasteiger partial charge on any atom is 0.311 e. The summed E-state index contributed by atoms with van der Waals surface area (Å²) in [6.07, 6.45) is 39.3. The number of hydrogen-bond donors (Lipinski definition) is 0. The lowest BCUT2D eigenvalue weighted by Crippen LogP contribution is -2.44. The maximum atomic E-state index is 11.6. The normalized spacial score (nSPS) is 17.7. The number of hydrogen-bond acceptors (Lipinski definition) is 10. The summed E-state index contributed by atoms with van der Waals surface area (Å²) in [5, 5.41) is 8.59. The molecule has 3 saturated carbocycles. The van der Waals surface area contributed by atoms with Crippen LogP contribution in [0.4, 0.5) is 0 Å². The molecule has 0 aromatic heterocycles. The van der Waals surface area contributed by atoms with Crippen LogP contribution in [0.3, 0.4) is 0 Å².